The van der Waals surface area contributed by atoms with Gasteiger partial charge >= 0.3 is 0 Å². The summed E-state index contributed by atoms with van der Waals surface area (Å²) in [5.41, 5.74) is 1.43. The van der Waals surface area contributed by atoms with Crippen LogP contribution in [0, 0.1) is 0 Å². The molecule has 2 nitrogen and oxygen atoms in total. The van der Waals surface area contributed by atoms with Gasteiger partial charge in [-0.15, -0.1) is 0 Å². The molecule has 1 aliphatic rings. The van der Waals surface area contributed by atoms with Crippen molar-refractivity contribution in [2.24, 2.45) is 0 Å². The maximum atomic E-state index is 5.17. The van der Waals surface area contributed by atoms with Crippen molar-refractivity contribution in [1.82, 2.24) is 0 Å². The zero-order valence-corrected chi connectivity index (χ0v) is 10.1. The lowest BCUT2D eigenvalue weighted by atomic mass is 10.0. The molecule has 1 aromatic carbocycles. The molecule has 2 heteroatoms. The molecule has 0 aromatic heterocycles. The fraction of sp³-hybridized carbons (Fsp3) is 0.571. The van der Waals surface area contributed by atoms with Crippen LogP contribution in [0.2, 0.25) is 0 Å². The fourth-order valence-electron chi connectivity index (χ4n) is 2.45. The van der Waals surface area contributed by atoms with Crippen LogP contribution in [0.15, 0.2) is 24.3 Å². The minimum absolute atomic E-state index is 0.788. The summed E-state index contributed by atoms with van der Waals surface area (Å²) in [4.78, 5) is 0. The molecule has 1 saturated heterocycles. The average molecular weight is 220 g/mol. The Kier molecular flexibility index (Phi) is 4.23. The quantitative estimate of drug-likeness (QED) is 0.825. The Labute approximate surface area is 98.0 Å². The number of hydrogen-bond acceptors (Lipinski definition) is 1. The summed E-state index contributed by atoms with van der Waals surface area (Å²) in [5.74, 6) is 0.952. The van der Waals surface area contributed by atoms with Crippen molar-refractivity contribution in [1.29, 1.82) is 0 Å². The van der Waals surface area contributed by atoms with E-state index in [0.717, 1.165) is 11.8 Å². The van der Waals surface area contributed by atoms with E-state index in [2.05, 4.69) is 29.6 Å². The Morgan fingerprint density at radius 2 is 2.00 bits per heavy atom. The van der Waals surface area contributed by atoms with E-state index in [-0.39, 0.29) is 0 Å². The van der Waals surface area contributed by atoms with E-state index in [1.54, 1.807) is 7.11 Å². The highest BCUT2D eigenvalue weighted by molar-refractivity contribution is 5.27. The van der Waals surface area contributed by atoms with Crippen molar-refractivity contribution in [2.75, 3.05) is 13.7 Å². The van der Waals surface area contributed by atoms with Gasteiger partial charge in [0.25, 0.3) is 0 Å². The SMILES string of the molecule is COc1ccc(C[C@H]2CCCCC[NH2+]2)cc1. The molecule has 1 aliphatic heterocycles. The second-order valence-corrected chi connectivity index (χ2v) is 4.69. The predicted octanol–water partition coefficient (Wildman–Crippen LogP) is 1.74. The van der Waals surface area contributed by atoms with Crippen LogP contribution in [-0.4, -0.2) is 19.7 Å². The van der Waals surface area contributed by atoms with E-state index in [4.69, 9.17) is 4.74 Å². The summed E-state index contributed by atoms with van der Waals surface area (Å²) in [6.45, 7) is 1.31. The minimum Gasteiger partial charge on any atom is -0.497 e. The van der Waals surface area contributed by atoms with Crippen LogP contribution >= 0.6 is 0 Å². The molecule has 0 bridgehead atoms. The lowest BCUT2D eigenvalue weighted by Gasteiger charge is -2.12. The van der Waals surface area contributed by atoms with Gasteiger partial charge < -0.3 is 10.1 Å². The van der Waals surface area contributed by atoms with E-state index >= 15 is 0 Å². The first-order valence-electron chi connectivity index (χ1n) is 6.35. The molecule has 1 aromatic rings. The Hall–Kier alpha value is -1.02. The Morgan fingerprint density at radius 1 is 1.19 bits per heavy atom. The van der Waals surface area contributed by atoms with Crippen LogP contribution in [0.5, 0.6) is 5.75 Å². The molecule has 1 heterocycles. The highest BCUT2D eigenvalue weighted by Gasteiger charge is 2.15. The van der Waals surface area contributed by atoms with Crippen LogP contribution in [0.3, 0.4) is 0 Å². The predicted molar refractivity (Wildman–Crippen MR) is 65.7 cm³/mol. The smallest absolute Gasteiger partial charge is 0.118 e. The van der Waals surface area contributed by atoms with Gasteiger partial charge in [0.2, 0.25) is 0 Å². The third kappa shape index (κ3) is 3.24. The third-order valence-electron chi connectivity index (χ3n) is 3.44. The first kappa shape index (κ1) is 11.5. The maximum Gasteiger partial charge on any atom is 0.118 e. The van der Waals surface area contributed by atoms with Gasteiger partial charge in [0.15, 0.2) is 0 Å². The first-order chi connectivity index (χ1) is 7.88. The van der Waals surface area contributed by atoms with E-state index in [9.17, 15) is 0 Å². The van der Waals surface area contributed by atoms with Crippen LogP contribution < -0.4 is 10.1 Å². The molecule has 0 spiro atoms. The molecule has 0 aliphatic carbocycles. The molecular weight excluding hydrogens is 198 g/mol. The van der Waals surface area contributed by atoms with Gasteiger partial charge in [-0.3, -0.25) is 0 Å². The summed E-state index contributed by atoms with van der Waals surface area (Å²) in [6.07, 6.45) is 6.77. The van der Waals surface area contributed by atoms with Gasteiger partial charge in [-0.1, -0.05) is 12.1 Å². The first-order valence-corrected chi connectivity index (χ1v) is 6.35. The van der Waals surface area contributed by atoms with Gasteiger partial charge in [-0.05, 0) is 43.4 Å². The van der Waals surface area contributed by atoms with Crippen molar-refractivity contribution < 1.29 is 10.1 Å². The molecule has 2 N–H and O–H groups in total. The van der Waals surface area contributed by atoms with Crippen molar-refractivity contribution >= 4 is 0 Å². The highest BCUT2D eigenvalue weighted by atomic mass is 16.5. The molecule has 0 unspecified atom stereocenters. The standard InChI is InChI=1S/C14H21NO/c1-16-14-8-6-12(7-9-14)11-13-5-3-2-4-10-15-13/h6-9,13,15H,2-5,10-11H2,1H3/p+1/t13-/m1/s1. The lowest BCUT2D eigenvalue weighted by molar-refractivity contribution is -0.687. The van der Waals surface area contributed by atoms with Crippen molar-refractivity contribution in [2.45, 2.75) is 38.1 Å². The Balaban J connectivity index is 1.91. The van der Waals surface area contributed by atoms with Crippen LogP contribution in [0.1, 0.15) is 31.2 Å². The zero-order valence-electron chi connectivity index (χ0n) is 10.1. The van der Waals surface area contributed by atoms with Gasteiger partial charge in [0.05, 0.1) is 19.7 Å². The van der Waals surface area contributed by atoms with Gasteiger partial charge in [0, 0.05) is 6.42 Å². The van der Waals surface area contributed by atoms with E-state index in [1.807, 2.05) is 0 Å². The van der Waals surface area contributed by atoms with E-state index < -0.39 is 0 Å². The topological polar surface area (TPSA) is 25.8 Å². The maximum absolute atomic E-state index is 5.17. The van der Waals surface area contributed by atoms with Crippen LogP contribution in [0.25, 0.3) is 0 Å². The average Bonchev–Trinajstić information content (AvgIpc) is 2.59. The monoisotopic (exact) mass is 220 g/mol. The summed E-state index contributed by atoms with van der Waals surface area (Å²) in [6, 6.07) is 9.30. The number of methoxy groups -OCH3 is 1. The number of benzene rings is 1. The number of rotatable bonds is 3. The summed E-state index contributed by atoms with van der Waals surface area (Å²) < 4.78 is 5.17. The largest absolute Gasteiger partial charge is 0.497 e. The van der Waals surface area contributed by atoms with Crippen LogP contribution in [-0.2, 0) is 6.42 Å². The Bertz CT molecular complexity index is 299. The number of ether oxygens (including phenoxy) is 1. The lowest BCUT2D eigenvalue weighted by Crippen LogP contribution is -2.90. The van der Waals surface area contributed by atoms with Crippen LogP contribution in [0.4, 0.5) is 0 Å². The fourth-order valence-corrected chi connectivity index (χ4v) is 2.45. The highest BCUT2D eigenvalue weighted by Crippen LogP contribution is 2.14. The molecule has 0 amide bonds. The molecule has 0 radical (unpaired) electrons. The second kappa shape index (κ2) is 5.90. The normalized spacial score (nSPS) is 21.4. The molecular formula is C14H22NO+. The minimum atomic E-state index is 0.788. The van der Waals surface area contributed by atoms with Crippen molar-refractivity contribution in [3.8, 4) is 5.75 Å². The molecule has 1 fully saturated rings. The van der Waals surface area contributed by atoms with Gasteiger partial charge in [0.1, 0.15) is 5.75 Å². The van der Waals surface area contributed by atoms with Crippen molar-refractivity contribution in [3.05, 3.63) is 29.8 Å². The molecule has 0 saturated carbocycles. The zero-order chi connectivity index (χ0) is 11.2. The molecule has 16 heavy (non-hydrogen) atoms. The third-order valence-corrected chi connectivity index (χ3v) is 3.44. The number of hydrogen-bond donors (Lipinski definition) is 1. The molecule has 88 valence electrons. The van der Waals surface area contributed by atoms with E-state index in [1.165, 1.54) is 44.2 Å². The Morgan fingerprint density at radius 3 is 2.75 bits per heavy atom. The number of nitrogens with two attached hydrogens (primary N) is 1. The summed E-state index contributed by atoms with van der Waals surface area (Å²) in [7, 11) is 1.72. The van der Waals surface area contributed by atoms with Crippen molar-refractivity contribution in [3.63, 3.8) is 0 Å². The second-order valence-electron chi connectivity index (χ2n) is 4.69. The van der Waals surface area contributed by atoms with E-state index in [0.29, 0.717) is 0 Å². The molecule has 2 rings (SSSR count). The summed E-state index contributed by atoms with van der Waals surface area (Å²) >= 11 is 0. The van der Waals surface area contributed by atoms with Gasteiger partial charge in [-0.25, -0.2) is 0 Å². The molecule has 1 atom stereocenters. The van der Waals surface area contributed by atoms with Gasteiger partial charge in [-0.2, -0.15) is 0 Å². The number of quaternary nitrogens is 1. The summed E-state index contributed by atoms with van der Waals surface area (Å²) in [5, 5.41) is 2.53.